The lowest BCUT2D eigenvalue weighted by Gasteiger charge is -2.29. The van der Waals surface area contributed by atoms with Gasteiger partial charge in [-0.3, -0.25) is 0 Å². The number of nitrogens with one attached hydrogen (secondary N) is 1. The van der Waals surface area contributed by atoms with E-state index >= 15 is 0 Å². The molecule has 1 saturated heterocycles. The summed E-state index contributed by atoms with van der Waals surface area (Å²) >= 11 is 0. The molecule has 0 amide bonds. The lowest BCUT2D eigenvalue weighted by Crippen LogP contribution is -2.35. The van der Waals surface area contributed by atoms with Gasteiger partial charge >= 0.3 is 0 Å². The monoisotopic (exact) mass is 275 g/mol. The number of hydrogen-bond acceptors (Lipinski definition) is 3. The molecule has 2 rings (SSSR count). The summed E-state index contributed by atoms with van der Waals surface area (Å²) < 4.78 is 0. The molecule has 1 aromatic heterocycles. The summed E-state index contributed by atoms with van der Waals surface area (Å²) in [6.07, 6.45) is 4.98. The zero-order valence-corrected chi connectivity index (χ0v) is 13.4. The quantitative estimate of drug-likeness (QED) is 0.803. The van der Waals surface area contributed by atoms with Crippen LogP contribution in [0.25, 0.3) is 0 Å². The van der Waals surface area contributed by atoms with E-state index in [0.717, 1.165) is 13.1 Å². The van der Waals surface area contributed by atoms with Crippen LogP contribution in [-0.2, 0) is 6.54 Å². The van der Waals surface area contributed by atoms with Gasteiger partial charge in [-0.15, -0.1) is 0 Å². The van der Waals surface area contributed by atoms with Crippen LogP contribution in [0.5, 0.6) is 0 Å². The number of hydrogen-bond donors (Lipinski definition) is 1. The first-order valence-corrected chi connectivity index (χ1v) is 8.12. The maximum atomic E-state index is 4.87. The van der Waals surface area contributed by atoms with E-state index in [2.05, 4.69) is 50.0 Å². The Balaban J connectivity index is 2.11. The van der Waals surface area contributed by atoms with Crippen LogP contribution < -0.4 is 10.2 Å². The molecule has 0 spiro atoms. The third-order valence-corrected chi connectivity index (χ3v) is 4.44. The van der Waals surface area contributed by atoms with Crippen LogP contribution in [-0.4, -0.2) is 23.6 Å². The second kappa shape index (κ2) is 7.07. The van der Waals surface area contributed by atoms with Crippen LogP contribution in [0.4, 0.5) is 5.82 Å². The van der Waals surface area contributed by atoms with Crippen molar-refractivity contribution >= 4 is 5.82 Å². The van der Waals surface area contributed by atoms with Crippen LogP contribution >= 0.6 is 0 Å². The first kappa shape index (κ1) is 15.3. The fraction of sp³-hybridized carbons (Fsp3) is 0.706. The highest BCUT2D eigenvalue weighted by atomic mass is 15.3. The lowest BCUT2D eigenvalue weighted by molar-refractivity contribution is 0.619. The van der Waals surface area contributed by atoms with Crippen LogP contribution in [0.1, 0.15) is 57.7 Å². The summed E-state index contributed by atoms with van der Waals surface area (Å²) in [7, 11) is 0. The molecule has 1 aliphatic heterocycles. The molecule has 3 nitrogen and oxygen atoms in total. The Kier molecular flexibility index (Phi) is 5.41. The van der Waals surface area contributed by atoms with E-state index in [9.17, 15) is 0 Å². The molecule has 3 heteroatoms. The Morgan fingerprint density at radius 3 is 2.75 bits per heavy atom. The summed E-state index contributed by atoms with van der Waals surface area (Å²) in [5.74, 6) is 1.17. The molecule has 0 bridgehead atoms. The second-order valence-corrected chi connectivity index (χ2v) is 5.99. The van der Waals surface area contributed by atoms with Crippen molar-refractivity contribution < 1.29 is 0 Å². The van der Waals surface area contributed by atoms with Crippen LogP contribution in [0.3, 0.4) is 0 Å². The summed E-state index contributed by atoms with van der Waals surface area (Å²) in [4.78, 5) is 7.39. The summed E-state index contributed by atoms with van der Waals surface area (Å²) in [5, 5.41) is 3.46. The number of pyridine rings is 1. The highest BCUT2D eigenvalue weighted by molar-refractivity contribution is 5.45. The van der Waals surface area contributed by atoms with Crippen molar-refractivity contribution in [3.8, 4) is 0 Å². The van der Waals surface area contributed by atoms with Crippen molar-refractivity contribution in [3.05, 3.63) is 23.4 Å². The molecule has 0 aliphatic carbocycles. The minimum atomic E-state index is 0.621. The lowest BCUT2D eigenvalue weighted by atomic mass is 10.1. The Bertz CT molecular complexity index is 430. The van der Waals surface area contributed by atoms with E-state index in [1.54, 1.807) is 0 Å². The molecule has 2 atom stereocenters. The van der Waals surface area contributed by atoms with Gasteiger partial charge in [-0.25, -0.2) is 4.98 Å². The molecule has 0 saturated carbocycles. The van der Waals surface area contributed by atoms with Gasteiger partial charge in [-0.05, 0) is 57.7 Å². The zero-order chi connectivity index (χ0) is 14.5. The molecule has 0 radical (unpaired) electrons. The average Bonchev–Trinajstić information content (AvgIpc) is 2.82. The Morgan fingerprint density at radius 1 is 1.30 bits per heavy atom. The van der Waals surface area contributed by atoms with Crippen LogP contribution in [0, 0.1) is 6.92 Å². The van der Waals surface area contributed by atoms with Crippen LogP contribution in [0.2, 0.25) is 0 Å². The topological polar surface area (TPSA) is 28.2 Å². The highest BCUT2D eigenvalue weighted by Crippen LogP contribution is 2.31. The molecule has 1 fully saturated rings. The molecule has 0 aromatic carbocycles. The number of rotatable bonds is 6. The van der Waals surface area contributed by atoms with E-state index in [0.29, 0.717) is 12.1 Å². The van der Waals surface area contributed by atoms with Crippen LogP contribution in [0.15, 0.2) is 12.1 Å². The Morgan fingerprint density at radius 2 is 2.10 bits per heavy atom. The standard InChI is InChI=1S/C17H29N3/c1-5-11-18-12-15-8-10-17(19-14(15)4)20-13(3)7-9-16(20)6-2/h8,10,13,16,18H,5-7,9,11-12H2,1-4H3. The number of nitrogens with zero attached hydrogens (tertiary/aromatic N) is 2. The number of anilines is 1. The van der Waals surface area contributed by atoms with Gasteiger partial charge < -0.3 is 10.2 Å². The highest BCUT2D eigenvalue weighted by Gasteiger charge is 2.30. The van der Waals surface area contributed by atoms with E-state index in [-0.39, 0.29) is 0 Å². The number of aryl methyl sites for hydroxylation is 1. The van der Waals surface area contributed by atoms with E-state index in [1.165, 1.54) is 42.8 Å². The minimum Gasteiger partial charge on any atom is -0.351 e. The van der Waals surface area contributed by atoms with Crippen molar-refractivity contribution in [2.24, 2.45) is 0 Å². The van der Waals surface area contributed by atoms with Gasteiger partial charge in [0.2, 0.25) is 0 Å². The molecule has 1 aromatic rings. The summed E-state index contributed by atoms with van der Waals surface area (Å²) in [6.45, 7) is 10.9. The maximum Gasteiger partial charge on any atom is 0.129 e. The first-order valence-electron chi connectivity index (χ1n) is 8.12. The number of aromatic nitrogens is 1. The smallest absolute Gasteiger partial charge is 0.129 e. The normalized spacial score (nSPS) is 22.5. The molecular weight excluding hydrogens is 246 g/mol. The molecular formula is C17H29N3. The van der Waals surface area contributed by atoms with Gasteiger partial charge in [0.1, 0.15) is 5.82 Å². The Labute approximate surface area is 123 Å². The maximum absolute atomic E-state index is 4.87. The molecule has 2 heterocycles. The molecule has 1 aliphatic rings. The van der Waals surface area contributed by atoms with Gasteiger partial charge in [0.15, 0.2) is 0 Å². The van der Waals surface area contributed by atoms with Crippen molar-refractivity contribution in [3.63, 3.8) is 0 Å². The van der Waals surface area contributed by atoms with Gasteiger partial charge in [-0.1, -0.05) is 19.9 Å². The van der Waals surface area contributed by atoms with Crippen molar-refractivity contribution in [1.82, 2.24) is 10.3 Å². The van der Waals surface area contributed by atoms with Crippen molar-refractivity contribution in [2.45, 2.75) is 72.0 Å². The third kappa shape index (κ3) is 3.32. The van der Waals surface area contributed by atoms with Gasteiger partial charge in [0, 0.05) is 24.3 Å². The fourth-order valence-electron chi connectivity index (χ4n) is 3.19. The van der Waals surface area contributed by atoms with Crippen molar-refractivity contribution in [1.29, 1.82) is 0 Å². The van der Waals surface area contributed by atoms with Crippen molar-refractivity contribution in [2.75, 3.05) is 11.4 Å². The summed E-state index contributed by atoms with van der Waals surface area (Å²) in [5.41, 5.74) is 2.49. The average molecular weight is 275 g/mol. The molecule has 112 valence electrons. The second-order valence-electron chi connectivity index (χ2n) is 5.99. The zero-order valence-electron chi connectivity index (χ0n) is 13.4. The predicted octanol–water partition coefficient (Wildman–Crippen LogP) is 3.66. The third-order valence-electron chi connectivity index (χ3n) is 4.44. The van der Waals surface area contributed by atoms with Gasteiger partial charge in [0.05, 0.1) is 0 Å². The molecule has 2 unspecified atom stereocenters. The SMILES string of the molecule is CCCNCc1ccc(N2C(C)CCC2CC)nc1C. The first-order chi connectivity index (χ1) is 9.67. The Hall–Kier alpha value is -1.09. The van der Waals surface area contributed by atoms with E-state index < -0.39 is 0 Å². The minimum absolute atomic E-state index is 0.621. The molecule has 1 N–H and O–H groups in total. The van der Waals surface area contributed by atoms with E-state index in [1.807, 2.05) is 0 Å². The van der Waals surface area contributed by atoms with Gasteiger partial charge in [-0.2, -0.15) is 0 Å². The summed E-state index contributed by atoms with van der Waals surface area (Å²) in [6, 6.07) is 5.75. The predicted molar refractivity (Wildman–Crippen MR) is 86.2 cm³/mol. The van der Waals surface area contributed by atoms with E-state index in [4.69, 9.17) is 4.98 Å². The largest absolute Gasteiger partial charge is 0.351 e. The molecule has 20 heavy (non-hydrogen) atoms. The fourth-order valence-corrected chi connectivity index (χ4v) is 3.19. The van der Waals surface area contributed by atoms with Gasteiger partial charge in [0.25, 0.3) is 0 Å².